The van der Waals surface area contributed by atoms with E-state index < -0.39 is 0 Å². The van der Waals surface area contributed by atoms with Crippen molar-refractivity contribution in [2.45, 2.75) is 19.4 Å². The largest absolute Gasteiger partial charge is 0.309 e. The number of benzene rings is 1. The number of nitrogens with zero attached hydrogens (tertiary/aromatic N) is 2. The minimum absolute atomic E-state index is 0.00745. The Morgan fingerprint density at radius 2 is 2.33 bits per heavy atom. The molecule has 0 saturated carbocycles. The van der Waals surface area contributed by atoms with E-state index in [0.29, 0.717) is 6.42 Å². The van der Waals surface area contributed by atoms with E-state index in [2.05, 4.69) is 14.9 Å². The summed E-state index contributed by atoms with van der Waals surface area (Å²) in [5.41, 5.74) is 1.64. The molecule has 0 fully saturated rings. The van der Waals surface area contributed by atoms with Crippen molar-refractivity contribution in [2.75, 3.05) is 6.54 Å². The quantitative estimate of drug-likeness (QED) is 0.916. The molecule has 0 amide bonds. The van der Waals surface area contributed by atoms with Crippen LogP contribution in [0.5, 0.6) is 0 Å². The van der Waals surface area contributed by atoms with Crippen molar-refractivity contribution in [1.82, 2.24) is 14.9 Å². The third kappa shape index (κ3) is 3.04. The zero-order chi connectivity index (χ0) is 13.0. The summed E-state index contributed by atoms with van der Waals surface area (Å²) in [6.45, 7) is 2.81. The van der Waals surface area contributed by atoms with Crippen LogP contribution in [-0.4, -0.2) is 16.1 Å². The molecule has 1 aromatic heterocycles. The van der Waals surface area contributed by atoms with Gasteiger partial charge in [-0.15, -0.1) is 5.10 Å². The summed E-state index contributed by atoms with van der Waals surface area (Å²) in [6.07, 6.45) is 0.593. The SMILES string of the molecule is CCNC(Cc1cccc(F)c1Cl)c1csnn1. The molecule has 0 spiro atoms. The van der Waals surface area contributed by atoms with Crippen molar-refractivity contribution in [3.05, 3.63) is 45.7 Å². The van der Waals surface area contributed by atoms with Crippen molar-refractivity contribution in [3.63, 3.8) is 0 Å². The van der Waals surface area contributed by atoms with Crippen LogP contribution in [0.3, 0.4) is 0 Å². The number of likely N-dealkylation sites (N-methyl/N-ethyl adjacent to an activating group) is 1. The highest BCUT2D eigenvalue weighted by molar-refractivity contribution is 7.03. The van der Waals surface area contributed by atoms with Gasteiger partial charge in [-0.2, -0.15) is 0 Å². The van der Waals surface area contributed by atoms with Gasteiger partial charge in [-0.05, 0) is 36.1 Å². The first-order valence-corrected chi connectivity index (χ1v) is 6.87. The molecule has 0 bridgehead atoms. The van der Waals surface area contributed by atoms with Gasteiger partial charge in [0.25, 0.3) is 0 Å². The lowest BCUT2D eigenvalue weighted by Gasteiger charge is -2.16. The first-order chi connectivity index (χ1) is 8.72. The lowest BCUT2D eigenvalue weighted by molar-refractivity contribution is 0.533. The van der Waals surface area contributed by atoms with Crippen LogP contribution in [0.4, 0.5) is 4.39 Å². The van der Waals surface area contributed by atoms with Crippen LogP contribution in [0, 0.1) is 5.82 Å². The van der Waals surface area contributed by atoms with Gasteiger partial charge in [0, 0.05) is 5.38 Å². The molecule has 6 heteroatoms. The Morgan fingerprint density at radius 3 is 3.00 bits per heavy atom. The second kappa shape index (κ2) is 6.22. The molecule has 2 rings (SSSR count). The standard InChI is InChI=1S/C12H13ClFN3S/c1-2-15-10(11-7-18-17-16-11)6-8-4-3-5-9(14)12(8)13/h3-5,7,10,15H,2,6H2,1H3. The van der Waals surface area contributed by atoms with E-state index in [1.807, 2.05) is 18.4 Å². The smallest absolute Gasteiger partial charge is 0.142 e. The minimum atomic E-state index is -0.388. The van der Waals surface area contributed by atoms with E-state index in [9.17, 15) is 4.39 Å². The van der Waals surface area contributed by atoms with Crippen molar-refractivity contribution in [3.8, 4) is 0 Å². The molecule has 0 aliphatic carbocycles. The van der Waals surface area contributed by atoms with Crippen molar-refractivity contribution in [2.24, 2.45) is 0 Å². The van der Waals surface area contributed by atoms with Crippen molar-refractivity contribution in [1.29, 1.82) is 0 Å². The molecule has 1 unspecified atom stereocenters. The lowest BCUT2D eigenvalue weighted by atomic mass is 10.0. The molecule has 18 heavy (non-hydrogen) atoms. The third-order valence-corrected chi connectivity index (χ3v) is 3.59. The van der Waals surface area contributed by atoms with E-state index in [1.54, 1.807) is 6.07 Å². The molecule has 0 radical (unpaired) electrons. The monoisotopic (exact) mass is 285 g/mol. The summed E-state index contributed by atoms with van der Waals surface area (Å²) < 4.78 is 17.2. The molecular formula is C12H13ClFN3S. The van der Waals surface area contributed by atoms with Crippen LogP contribution in [-0.2, 0) is 6.42 Å². The van der Waals surface area contributed by atoms with Crippen molar-refractivity contribution >= 4 is 23.1 Å². The molecule has 1 N–H and O–H groups in total. The van der Waals surface area contributed by atoms with Crippen LogP contribution in [0.1, 0.15) is 24.2 Å². The van der Waals surface area contributed by atoms with Gasteiger partial charge in [0.05, 0.1) is 16.8 Å². The fraction of sp³-hybridized carbons (Fsp3) is 0.333. The maximum Gasteiger partial charge on any atom is 0.142 e. The van der Waals surface area contributed by atoms with E-state index >= 15 is 0 Å². The molecule has 96 valence electrons. The first kappa shape index (κ1) is 13.4. The Hall–Kier alpha value is -1.04. The fourth-order valence-corrected chi connectivity index (χ4v) is 2.49. The second-order valence-corrected chi connectivity index (χ2v) is 4.84. The van der Waals surface area contributed by atoms with Gasteiger partial charge in [-0.1, -0.05) is 35.1 Å². The topological polar surface area (TPSA) is 37.8 Å². The van der Waals surface area contributed by atoms with Crippen LogP contribution < -0.4 is 5.32 Å². The molecule has 0 aliphatic rings. The predicted octanol–water partition coefficient (Wildman–Crippen LogP) is 3.22. The number of nitrogens with one attached hydrogen (secondary N) is 1. The van der Waals surface area contributed by atoms with Gasteiger partial charge in [-0.25, -0.2) is 4.39 Å². The molecular weight excluding hydrogens is 273 g/mol. The molecule has 3 nitrogen and oxygen atoms in total. The zero-order valence-electron chi connectivity index (χ0n) is 9.86. The summed E-state index contributed by atoms with van der Waals surface area (Å²) in [6, 6.07) is 4.86. The summed E-state index contributed by atoms with van der Waals surface area (Å²) in [7, 11) is 0. The molecule has 0 saturated heterocycles. The van der Waals surface area contributed by atoms with Gasteiger partial charge in [0.2, 0.25) is 0 Å². The van der Waals surface area contributed by atoms with Crippen molar-refractivity contribution < 1.29 is 4.39 Å². The number of rotatable bonds is 5. The minimum Gasteiger partial charge on any atom is -0.309 e. The van der Waals surface area contributed by atoms with Gasteiger partial charge in [0.15, 0.2) is 0 Å². The number of hydrogen-bond donors (Lipinski definition) is 1. The van der Waals surface area contributed by atoms with E-state index in [1.165, 1.54) is 17.6 Å². The number of hydrogen-bond acceptors (Lipinski definition) is 4. The van der Waals surface area contributed by atoms with E-state index in [4.69, 9.17) is 11.6 Å². The Bertz CT molecular complexity index is 504. The lowest BCUT2D eigenvalue weighted by Crippen LogP contribution is -2.23. The van der Waals surface area contributed by atoms with Gasteiger partial charge >= 0.3 is 0 Å². The van der Waals surface area contributed by atoms with E-state index in [0.717, 1.165) is 17.8 Å². The van der Waals surface area contributed by atoms with Gasteiger partial charge in [0.1, 0.15) is 5.82 Å². The predicted molar refractivity (Wildman–Crippen MR) is 71.4 cm³/mol. The third-order valence-electron chi connectivity index (χ3n) is 2.64. The molecule has 1 aromatic carbocycles. The van der Waals surface area contributed by atoms with Crippen LogP contribution in [0.15, 0.2) is 23.6 Å². The zero-order valence-corrected chi connectivity index (χ0v) is 11.4. The van der Waals surface area contributed by atoms with Crippen LogP contribution >= 0.6 is 23.1 Å². The Morgan fingerprint density at radius 1 is 1.50 bits per heavy atom. The summed E-state index contributed by atoms with van der Waals surface area (Å²) in [5.74, 6) is -0.388. The number of aromatic nitrogens is 2. The second-order valence-electron chi connectivity index (χ2n) is 3.86. The summed E-state index contributed by atoms with van der Waals surface area (Å²) >= 11 is 7.27. The average molecular weight is 286 g/mol. The highest BCUT2D eigenvalue weighted by Gasteiger charge is 2.16. The molecule has 2 aromatic rings. The first-order valence-electron chi connectivity index (χ1n) is 5.65. The van der Waals surface area contributed by atoms with E-state index in [-0.39, 0.29) is 16.9 Å². The maximum absolute atomic E-state index is 13.4. The summed E-state index contributed by atoms with van der Waals surface area (Å²) in [4.78, 5) is 0. The highest BCUT2D eigenvalue weighted by atomic mass is 35.5. The highest BCUT2D eigenvalue weighted by Crippen LogP contribution is 2.25. The van der Waals surface area contributed by atoms with Gasteiger partial charge < -0.3 is 5.32 Å². The van der Waals surface area contributed by atoms with Crippen LogP contribution in [0.2, 0.25) is 5.02 Å². The van der Waals surface area contributed by atoms with Gasteiger partial charge in [-0.3, -0.25) is 0 Å². The van der Waals surface area contributed by atoms with Crippen LogP contribution in [0.25, 0.3) is 0 Å². The molecule has 1 atom stereocenters. The number of halogens is 2. The maximum atomic E-state index is 13.4. The molecule has 0 aliphatic heterocycles. The normalized spacial score (nSPS) is 12.6. The average Bonchev–Trinajstić information content (AvgIpc) is 2.88. The molecule has 1 heterocycles. The summed E-state index contributed by atoms with van der Waals surface area (Å²) in [5, 5.41) is 9.43. The Labute approximate surface area is 114 Å². The fourth-order valence-electron chi connectivity index (χ4n) is 1.78. The Balaban J connectivity index is 2.21. The Kier molecular flexibility index (Phi) is 4.63.